The molecule has 0 aliphatic carbocycles. The fourth-order valence-electron chi connectivity index (χ4n) is 3.76. The molecule has 0 atom stereocenters. The molecule has 0 unspecified atom stereocenters. The highest BCUT2D eigenvalue weighted by Gasteiger charge is 2.14. The molecule has 0 spiro atoms. The molecule has 0 N–H and O–H groups in total. The Morgan fingerprint density at radius 3 is 2.62 bits per heavy atom. The number of hydrogen-bond donors (Lipinski definition) is 0. The number of carbonyl (C=O) groups excluding carboxylic acids is 1. The number of ether oxygens (including phenoxy) is 2. The van der Waals surface area contributed by atoms with Gasteiger partial charge in [0.05, 0.1) is 28.6 Å². The number of para-hydroxylation sites is 1. The molecule has 4 rings (SSSR count). The van der Waals surface area contributed by atoms with Gasteiger partial charge in [0.2, 0.25) is 0 Å². The first-order valence-electron chi connectivity index (χ1n) is 12.2. The van der Waals surface area contributed by atoms with Crippen LogP contribution in [0.1, 0.15) is 43.6 Å². The van der Waals surface area contributed by atoms with Gasteiger partial charge in [-0.1, -0.05) is 38.1 Å². The fourth-order valence-corrected chi connectivity index (χ4v) is 3.76. The molecular formula is C29H26N4O6. The Morgan fingerprint density at radius 1 is 1.08 bits per heavy atom. The topological polar surface area (TPSA) is 126 Å². The van der Waals surface area contributed by atoms with Crippen molar-refractivity contribution in [3.05, 3.63) is 110 Å². The molecule has 3 aromatic carbocycles. The number of benzene rings is 3. The van der Waals surface area contributed by atoms with Gasteiger partial charge in [0.25, 0.3) is 11.2 Å². The average molecular weight is 527 g/mol. The molecule has 0 saturated heterocycles. The van der Waals surface area contributed by atoms with Crippen LogP contribution in [0.5, 0.6) is 11.5 Å². The van der Waals surface area contributed by atoms with E-state index in [0.29, 0.717) is 40.2 Å². The number of non-ortho nitro benzene ring substituents is 1. The van der Waals surface area contributed by atoms with E-state index in [-0.39, 0.29) is 22.9 Å². The minimum atomic E-state index is -0.681. The molecule has 0 radical (unpaired) electrons. The number of nitro groups is 1. The summed E-state index contributed by atoms with van der Waals surface area (Å²) >= 11 is 0. The van der Waals surface area contributed by atoms with Gasteiger partial charge in [-0.2, -0.15) is 9.78 Å². The van der Waals surface area contributed by atoms with Crippen LogP contribution in [0.15, 0.2) is 82.7 Å². The minimum absolute atomic E-state index is 0.0460. The summed E-state index contributed by atoms with van der Waals surface area (Å²) in [5, 5.41) is 15.8. The molecule has 0 fully saturated rings. The summed E-state index contributed by atoms with van der Waals surface area (Å²) in [4.78, 5) is 40.6. The molecule has 0 amide bonds. The van der Waals surface area contributed by atoms with Gasteiger partial charge in [-0.15, -0.1) is 0 Å². The predicted molar refractivity (Wildman–Crippen MR) is 148 cm³/mol. The van der Waals surface area contributed by atoms with E-state index < -0.39 is 10.9 Å². The molecule has 10 heteroatoms. The van der Waals surface area contributed by atoms with Crippen LogP contribution in [0.2, 0.25) is 0 Å². The second-order valence-corrected chi connectivity index (χ2v) is 8.75. The summed E-state index contributed by atoms with van der Waals surface area (Å²) in [6.45, 7) is 5.99. The van der Waals surface area contributed by atoms with Gasteiger partial charge >= 0.3 is 5.97 Å². The van der Waals surface area contributed by atoms with Gasteiger partial charge < -0.3 is 9.47 Å². The molecule has 198 valence electrons. The second kappa shape index (κ2) is 12.0. The Bertz CT molecular complexity index is 1660. The lowest BCUT2D eigenvalue weighted by atomic mass is 10.2. The fraction of sp³-hybridized carbons (Fsp3) is 0.172. The van der Waals surface area contributed by atoms with Crippen molar-refractivity contribution in [2.45, 2.75) is 26.7 Å². The quantitative estimate of drug-likeness (QED) is 0.0721. The van der Waals surface area contributed by atoms with Crippen LogP contribution < -0.4 is 15.0 Å². The molecule has 10 nitrogen and oxygen atoms in total. The van der Waals surface area contributed by atoms with E-state index in [0.717, 1.165) is 0 Å². The van der Waals surface area contributed by atoms with Crippen molar-refractivity contribution < 1.29 is 19.2 Å². The van der Waals surface area contributed by atoms with Crippen molar-refractivity contribution in [2.24, 2.45) is 5.10 Å². The van der Waals surface area contributed by atoms with Crippen LogP contribution in [0, 0.1) is 10.1 Å². The Hall–Kier alpha value is -5.12. The van der Waals surface area contributed by atoms with Gasteiger partial charge in [-0.25, -0.2) is 9.78 Å². The molecule has 0 bridgehead atoms. The van der Waals surface area contributed by atoms with Crippen molar-refractivity contribution >= 4 is 34.9 Å². The van der Waals surface area contributed by atoms with E-state index in [4.69, 9.17) is 9.47 Å². The number of hydrogen-bond acceptors (Lipinski definition) is 8. The molecule has 0 aliphatic rings. The highest BCUT2D eigenvalue weighted by molar-refractivity contribution is 5.89. The van der Waals surface area contributed by atoms with Crippen LogP contribution in [0.25, 0.3) is 17.0 Å². The van der Waals surface area contributed by atoms with Crippen molar-refractivity contribution in [3.63, 3.8) is 0 Å². The van der Waals surface area contributed by atoms with Crippen LogP contribution in [0.3, 0.4) is 0 Å². The van der Waals surface area contributed by atoms with E-state index in [1.165, 1.54) is 41.2 Å². The number of nitrogens with zero attached hydrogens (tertiary/aromatic N) is 4. The number of aromatic nitrogens is 2. The maximum atomic E-state index is 13.1. The maximum absolute atomic E-state index is 13.1. The Kier molecular flexibility index (Phi) is 8.25. The van der Waals surface area contributed by atoms with Gasteiger partial charge in [-0.3, -0.25) is 14.9 Å². The third kappa shape index (κ3) is 6.42. The Labute approximate surface area is 224 Å². The average Bonchev–Trinajstić information content (AvgIpc) is 2.92. The van der Waals surface area contributed by atoms with E-state index in [9.17, 15) is 19.7 Å². The molecule has 0 saturated carbocycles. The van der Waals surface area contributed by atoms with Crippen molar-refractivity contribution in [1.29, 1.82) is 0 Å². The molecular weight excluding hydrogens is 500 g/mol. The van der Waals surface area contributed by atoms with E-state index in [2.05, 4.69) is 10.1 Å². The van der Waals surface area contributed by atoms with Gasteiger partial charge in [0.1, 0.15) is 5.82 Å². The van der Waals surface area contributed by atoms with Gasteiger partial charge in [0, 0.05) is 24.1 Å². The summed E-state index contributed by atoms with van der Waals surface area (Å²) in [5.41, 5.74) is 1.36. The third-order valence-electron chi connectivity index (χ3n) is 5.59. The lowest BCUT2D eigenvalue weighted by Crippen LogP contribution is -2.23. The van der Waals surface area contributed by atoms with Crippen molar-refractivity contribution in [3.8, 4) is 11.5 Å². The van der Waals surface area contributed by atoms with Crippen molar-refractivity contribution in [1.82, 2.24) is 9.66 Å². The molecule has 1 heterocycles. The lowest BCUT2D eigenvalue weighted by Gasteiger charge is -2.12. The van der Waals surface area contributed by atoms with Crippen LogP contribution in [-0.4, -0.2) is 33.4 Å². The second-order valence-electron chi connectivity index (χ2n) is 8.75. The van der Waals surface area contributed by atoms with Gasteiger partial charge in [0.15, 0.2) is 11.5 Å². The maximum Gasteiger partial charge on any atom is 0.336 e. The lowest BCUT2D eigenvalue weighted by molar-refractivity contribution is -0.384. The highest BCUT2D eigenvalue weighted by Crippen LogP contribution is 2.28. The van der Waals surface area contributed by atoms with Crippen LogP contribution in [0.4, 0.5) is 5.69 Å². The number of esters is 1. The number of fused-ring (bicyclic) bond motifs is 1. The first kappa shape index (κ1) is 26.9. The van der Waals surface area contributed by atoms with Crippen LogP contribution in [-0.2, 0) is 4.79 Å². The summed E-state index contributed by atoms with van der Waals surface area (Å²) in [7, 11) is 0. The number of rotatable bonds is 9. The smallest absolute Gasteiger partial charge is 0.336 e. The van der Waals surface area contributed by atoms with E-state index >= 15 is 0 Å². The minimum Gasteiger partial charge on any atom is -0.490 e. The summed E-state index contributed by atoms with van der Waals surface area (Å²) in [6.07, 6.45) is 4.12. The van der Waals surface area contributed by atoms with E-state index in [1.807, 2.05) is 19.9 Å². The SMILES string of the molecule is CCOc1cc(C=Nn2c(C(C)C)nc3ccccc3c2=O)ccc1OC(=O)/C=C/c1cccc([N+](=O)[O-])c1. The Morgan fingerprint density at radius 2 is 1.87 bits per heavy atom. The van der Waals surface area contributed by atoms with Crippen molar-refractivity contribution in [2.75, 3.05) is 6.61 Å². The predicted octanol–water partition coefficient (Wildman–Crippen LogP) is 5.33. The van der Waals surface area contributed by atoms with E-state index in [1.54, 1.807) is 49.4 Å². The molecule has 1 aromatic heterocycles. The first-order chi connectivity index (χ1) is 18.8. The normalized spacial score (nSPS) is 11.5. The zero-order valence-corrected chi connectivity index (χ0v) is 21.6. The standard InChI is InChI=1S/C29H26N4O6/c1-4-38-26-17-21(18-30-32-28(19(2)3)31-24-11-6-5-10-23(24)29(32)35)12-14-25(26)39-27(34)15-13-20-8-7-9-22(16-20)33(36)37/h5-19H,4H2,1-3H3/b15-13+,30-18?. The molecule has 4 aromatic rings. The highest BCUT2D eigenvalue weighted by atomic mass is 16.6. The summed E-state index contributed by atoms with van der Waals surface area (Å²) < 4.78 is 12.4. The monoisotopic (exact) mass is 526 g/mol. The largest absolute Gasteiger partial charge is 0.490 e. The summed E-state index contributed by atoms with van der Waals surface area (Å²) in [6, 6.07) is 17.9. The van der Waals surface area contributed by atoms with Crippen LogP contribution >= 0.6 is 0 Å². The molecule has 39 heavy (non-hydrogen) atoms. The molecule has 0 aliphatic heterocycles. The number of nitro benzene ring substituents is 1. The third-order valence-corrected chi connectivity index (χ3v) is 5.59. The summed E-state index contributed by atoms with van der Waals surface area (Å²) in [5.74, 6) is 0.303. The Balaban J connectivity index is 1.58. The number of carbonyl (C=O) groups is 1. The van der Waals surface area contributed by atoms with Gasteiger partial charge in [-0.05, 0) is 54.5 Å². The zero-order valence-electron chi connectivity index (χ0n) is 21.6. The zero-order chi connectivity index (χ0) is 27.9. The first-order valence-corrected chi connectivity index (χ1v) is 12.2.